The second kappa shape index (κ2) is 4.02. The quantitative estimate of drug-likeness (QED) is 0.766. The molecule has 0 spiro atoms. The minimum Gasteiger partial charge on any atom is -0.358 e. The zero-order valence-corrected chi connectivity index (χ0v) is 11.0. The molecule has 0 amide bonds. The Bertz CT molecular complexity index is 637. The number of benzene rings is 1. The number of aromatic nitrogens is 1. The lowest BCUT2D eigenvalue weighted by molar-refractivity contribution is -0.138. The third-order valence-corrected chi connectivity index (χ3v) is 4.02. The number of alkyl halides is 3. The summed E-state index contributed by atoms with van der Waals surface area (Å²) >= 11 is 0. The molecule has 0 fully saturated rings. The van der Waals surface area contributed by atoms with E-state index in [1.807, 2.05) is 13.8 Å². The highest BCUT2D eigenvalue weighted by atomic mass is 19.4. The number of rotatable bonds is 1. The monoisotopic (exact) mass is 267 g/mol. The van der Waals surface area contributed by atoms with Gasteiger partial charge in [-0.1, -0.05) is 11.6 Å². The van der Waals surface area contributed by atoms with Gasteiger partial charge in [0.05, 0.1) is 6.42 Å². The van der Waals surface area contributed by atoms with Gasteiger partial charge in [0.15, 0.2) is 0 Å². The van der Waals surface area contributed by atoms with Gasteiger partial charge in [0.25, 0.3) is 0 Å². The van der Waals surface area contributed by atoms with Gasteiger partial charge in [-0.2, -0.15) is 13.2 Å². The highest BCUT2D eigenvalue weighted by Gasteiger charge is 2.37. The molecule has 0 saturated heterocycles. The maximum absolute atomic E-state index is 12.6. The predicted molar refractivity (Wildman–Crippen MR) is 69.5 cm³/mol. The van der Waals surface area contributed by atoms with Crippen molar-refractivity contribution in [2.75, 3.05) is 0 Å². The minimum atomic E-state index is -4.09. The van der Waals surface area contributed by atoms with Gasteiger partial charge in [0.1, 0.15) is 0 Å². The summed E-state index contributed by atoms with van der Waals surface area (Å²) in [6, 6.07) is 4.14. The van der Waals surface area contributed by atoms with E-state index in [0.717, 1.165) is 39.7 Å². The van der Waals surface area contributed by atoms with Crippen molar-refractivity contribution in [1.82, 2.24) is 4.98 Å². The van der Waals surface area contributed by atoms with Crippen LogP contribution < -0.4 is 0 Å². The fourth-order valence-corrected chi connectivity index (χ4v) is 3.29. The lowest BCUT2D eigenvalue weighted by Gasteiger charge is -2.12. The van der Waals surface area contributed by atoms with Crippen LogP contribution in [0.5, 0.6) is 0 Å². The van der Waals surface area contributed by atoms with Gasteiger partial charge < -0.3 is 4.98 Å². The highest BCUT2D eigenvalue weighted by molar-refractivity contribution is 5.88. The van der Waals surface area contributed by atoms with Crippen LogP contribution in [0.15, 0.2) is 12.1 Å². The molecular weight excluding hydrogens is 251 g/mol. The van der Waals surface area contributed by atoms with E-state index >= 15 is 0 Å². The molecule has 1 aliphatic rings. The van der Waals surface area contributed by atoms with E-state index in [1.54, 1.807) is 0 Å². The number of aryl methyl sites for hydroxylation is 3. The summed E-state index contributed by atoms with van der Waals surface area (Å²) in [5, 5.41) is 1.11. The third-order valence-electron chi connectivity index (χ3n) is 4.02. The molecule has 1 aromatic carbocycles. The van der Waals surface area contributed by atoms with E-state index in [9.17, 15) is 13.2 Å². The molecule has 0 radical (unpaired) electrons. The summed E-state index contributed by atoms with van der Waals surface area (Å²) < 4.78 is 37.8. The molecule has 19 heavy (non-hydrogen) atoms. The first-order valence-electron chi connectivity index (χ1n) is 6.53. The zero-order valence-electron chi connectivity index (χ0n) is 11.0. The Hall–Kier alpha value is -1.45. The van der Waals surface area contributed by atoms with Crippen molar-refractivity contribution >= 4 is 10.9 Å². The second-order valence-corrected chi connectivity index (χ2v) is 5.58. The van der Waals surface area contributed by atoms with Crippen molar-refractivity contribution in [2.24, 2.45) is 0 Å². The van der Waals surface area contributed by atoms with E-state index in [4.69, 9.17) is 0 Å². The lowest BCUT2D eigenvalue weighted by atomic mass is 10.0. The van der Waals surface area contributed by atoms with Gasteiger partial charge >= 0.3 is 6.18 Å². The number of fused-ring (bicyclic) bond motifs is 3. The summed E-state index contributed by atoms with van der Waals surface area (Å²) in [6.07, 6.45) is -3.46. The maximum atomic E-state index is 12.6. The smallest absolute Gasteiger partial charge is 0.358 e. The van der Waals surface area contributed by atoms with E-state index in [1.165, 1.54) is 0 Å². The molecule has 1 aliphatic carbocycles. The SMILES string of the molecule is Cc1cc(C)c2[nH]c3c(c2c1)CC[C@H]3CC(F)(F)F. The van der Waals surface area contributed by atoms with Crippen LogP contribution in [0.25, 0.3) is 10.9 Å². The molecule has 1 N–H and O–H groups in total. The van der Waals surface area contributed by atoms with Gasteiger partial charge in [-0.05, 0) is 43.9 Å². The second-order valence-electron chi connectivity index (χ2n) is 5.58. The standard InChI is InChI=1S/C15H16F3N/c1-8-5-9(2)13-12(6-8)11-4-3-10(14(11)19-13)7-15(16,17)18/h5-6,10,19H,3-4,7H2,1-2H3/t10-/m0/s1. The molecule has 0 unspecified atom stereocenters. The topological polar surface area (TPSA) is 15.8 Å². The number of hydrogen-bond acceptors (Lipinski definition) is 0. The molecule has 1 nitrogen and oxygen atoms in total. The summed E-state index contributed by atoms with van der Waals surface area (Å²) in [5.74, 6) is -0.401. The molecule has 102 valence electrons. The zero-order chi connectivity index (χ0) is 13.8. The van der Waals surface area contributed by atoms with Crippen molar-refractivity contribution in [1.29, 1.82) is 0 Å². The van der Waals surface area contributed by atoms with Gasteiger partial charge in [0, 0.05) is 22.5 Å². The van der Waals surface area contributed by atoms with Crippen molar-refractivity contribution in [3.8, 4) is 0 Å². The largest absolute Gasteiger partial charge is 0.389 e. The number of hydrogen-bond donors (Lipinski definition) is 1. The average molecular weight is 267 g/mol. The van der Waals surface area contributed by atoms with Gasteiger partial charge in [-0.15, -0.1) is 0 Å². The van der Waals surface area contributed by atoms with E-state index < -0.39 is 18.5 Å². The summed E-state index contributed by atoms with van der Waals surface area (Å²) in [5.41, 5.74) is 5.17. The van der Waals surface area contributed by atoms with Crippen LogP contribution in [0, 0.1) is 13.8 Å². The van der Waals surface area contributed by atoms with Crippen molar-refractivity contribution in [3.05, 3.63) is 34.5 Å². The van der Waals surface area contributed by atoms with Crippen molar-refractivity contribution < 1.29 is 13.2 Å². The first-order valence-corrected chi connectivity index (χ1v) is 6.53. The normalized spacial score (nSPS) is 19.1. The Morgan fingerprint density at radius 1 is 1.26 bits per heavy atom. The van der Waals surface area contributed by atoms with Crippen molar-refractivity contribution in [3.63, 3.8) is 0 Å². The maximum Gasteiger partial charge on any atom is 0.389 e. The molecule has 1 atom stereocenters. The molecule has 1 aromatic heterocycles. The predicted octanol–water partition coefficient (Wildman–Crippen LogP) is 4.77. The first kappa shape index (κ1) is 12.6. The van der Waals surface area contributed by atoms with Gasteiger partial charge in [0.2, 0.25) is 0 Å². The average Bonchev–Trinajstić information content (AvgIpc) is 2.78. The van der Waals surface area contributed by atoms with E-state index in [-0.39, 0.29) is 0 Å². The van der Waals surface area contributed by atoms with Crippen LogP contribution in [0.1, 0.15) is 41.1 Å². The Labute approximate surface area is 109 Å². The number of nitrogens with one attached hydrogen (secondary N) is 1. The number of halogens is 3. The molecule has 2 aromatic rings. The van der Waals surface area contributed by atoms with Crippen LogP contribution in [0.2, 0.25) is 0 Å². The molecule has 0 aliphatic heterocycles. The molecule has 1 heterocycles. The molecular formula is C15H16F3N. The molecule has 4 heteroatoms. The third kappa shape index (κ3) is 2.13. The lowest BCUT2D eigenvalue weighted by Crippen LogP contribution is -2.12. The van der Waals surface area contributed by atoms with Gasteiger partial charge in [-0.25, -0.2) is 0 Å². The Morgan fingerprint density at radius 3 is 2.68 bits per heavy atom. The number of aromatic amines is 1. The summed E-state index contributed by atoms with van der Waals surface area (Å²) in [6.45, 7) is 4.02. The van der Waals surface area contributed by atoms with Crippen LogP contribution >= 0.6 is 0 Å². The van der Waals surface area contributed by atoms with E-state index in [0.29, 0.717) is 6.42 Å². The fraction of sp³-hybridized carbons (Fsp3) is 0.467. The van der Waals surface area contributed by atoms with Gasteiger partial charge in [-0.3, -0.25) is 0 Å². The summed E-state index contributed by atoms with van der Waals surface area (Å²) in [4.78, 5) is 3.24. The van der Waals surface area contributed by atoms with Crippen LogP contribution in [0.4, 0.5) is 13.2 Å². The molecule has 3 rings (SSSR count). The van der Waals surface area contributed by atoms with Crippen LogP contribution in [-0.4, -0.2) is 11.2 Å². The highest BCUT2D eigenvalue weighted by Crippen LogP contribution is 2.43. The van der Waals surface area contributed by atoms with Crippen LogP contribution in [0.3, 0.4) is 0 Å². The minimum absolute atomic E-state index is 0.401. The Kier molecular flexibility index (Phi) is 2.66. The summed E-state index contributed by atoms with van der Waals surface area (Å²) in [7, 11) is 0. The first-order chi connectivity index (χ1) is 8.85. The molecule has 0 saturated carbocycles. The fourth-order valence-electron chi connectivity index (χ4n) is 3.29. The number of H-pyrrole nitrogens is 1. The van der Waals surface area contributed by atoms with Crippen molar-refractivity contribution in [2.45, 2.75) is 45.2 Å². The Morgan fingerprint density at radius 2 is 2.00 bits per heavy atom. The van der Waals surface area contributed by atoms with Crippen LogP contribution in [-0.2, 0) is 6.42 Å². The molecule has 0 bridgehead atoms. The Balaban J connectivity index is 2.09. The van der Waals surface area contributed by atoms with E-state index in [2.05, 4.69) is 17.1 Å².